The molecule has 2 aromatic carbocycles. The van der Waals surface area contributed by atoms with Gasteiger partial charge in [0.25, 0.3) is 0 Å². The van der Waals surface area contributed by atoms with Crippen molar-refractivity contribution in [1.82, 2.24) is 24.8 Å². The van der Waals surface area contributed by atoms with Gasteiger partial charge in [0.2, 0.25) is 0 Å². The highest BCUT2D eigenvalue weighted by Crippen LogP contribution is 2.45. The van der Waals surface area contributed by atoms with E-state index in [0.29, 0.717) is 42.9 Å². The number of hydrogen-bond donors (Lipinski definition) is 5. The third-order valence-electron chi connectivity index (χ3n) is 17.2. The van der Waals surface area contributed by atoms with Gasteiger partial charge in [-0.2, -0.15) is 0 Å². The number of hydrogen-bond acceptors (Lipinski definition) is 17. The minimum atomic E-state index is -1.83. The first kappa shape index (κ1) is 59.5. The molecule has 7 rings (SSSR count). The Morgan fingerprint density at radius 2 is 1.62 bits per heavy atom. The number of methoxy groups -OCH3 is 1. The van der Waals surface area contributed by atoms with Crippen molar-refractivity contribution in [3.05, 3.63) is 66.2 Å². The van der Waals surface area contributed by atoms with Crippen LogP contribution in [0.25, 0.3) is 11.1 Å². The number of carbonyl (C=O) groups excluding carboxylic acids is 2. The van der Waals surface area contributed by atoms with Crippen LogP contribution in [0.4, 0.5) is 14.9 Å². The van der Waals surface area contributed by atoms with E-state index in [-0.39, 0.29) is 31.7 Å². The number of esters is 1. The molecule has 1 aromatic heterocycles. The van der Waals surface area contributed by atoms with Crippen molar-refractivity contribution < 1.29 is 67.9 Å². The summed E-state index contributed by atoms with van der Waals surface area (Å²) in [7, 11) is 5.26. The SMILES string of the molecule is CC[C@H]1OC(=O)[C@H](C)[C@@H](C2C[C@@](C)(OC)[C@@H](O)[C@H](C)O2)[C@H](C)[C@@H](O[C@@H]2O[C@H](C)C[C@H](N(C)Cc3ccc(-c4ccc(N5C[C@H](Cn6ccnn6)OC5=O)cc4F)cc3)[C@H]2O)[C@](C)(O)C[C@@H](C)CN(C)[C@H](C)[C@@H](O)[C@]1(C)O. The second-order valence-corrected chi connectivity index (χ2v) is 23.3. The Morgan fingerprint density at radius 1 is 0.921 bits per heavy atom. The fourth-order valence-electron chi connectivity index (χ4n) is 12.7. The minimum Gasteiger partial charge on any atom is -0.459 e. The molecule has 4 aliphatic heterocycles. The van der Waals surface area contributed by atoms with Gasteiger partial charge in [0, 0.05) is 56.4 Å². The van der Waals surface area contributed by atoms with Gasteiger partial charge >= 0.3 is 12.1 Å². The topological polar surface area (TPSA) is 231 Å². The van der Waals surface area contributed by atoms with Crippen molar-refractivity contribution in [3.8, 4) is 11.1 Å². The zero-order valence-corrected chi connectivity index (χ0v) is 46.7. The lowest BCUT2D eigenvalue weighted by molar-refractivity contribution is -0.303. The number of halogens is 1. The van der Waals surface area contributed by atoms with E-state index in [1.165, 1.54) is 25.0 Å². The molecule has 19 nitrogen and oxygen atoms in total. The van der Waals surface area contributed by atoms with Crippen molar-refractivity contribution >= 4 is 17.7 Å². The van der Waals surface area contributed by atoms with Gasteiger partial charge in [0.15, 0.2) is 6.29 Å². The van der Waals surface area contributed by atoms with Gasteiger partial charge in [0.05, 0.1) is 66.5 Å². The lowest BCUT2D eigenvalue weighted by Gasteiger charge is -2.51. The van der Waals surface area contributed by atoms with Crippen molar-refractivity contribution in [2.24, 2.45) is 23.7 Å². The first-order valence-corrected chi connectivity index (χ1v) is 27.0. The molecule has 0 bridgehead atoms. The number of ether oxygens (including phenoxy) is 6. The molecule has 4 fully saturated rings. The second kappa shape index (κ2) is 24.0. The molecule has 4 saturated heterocycles. The predicted octanol–water partition coefficient (Wildman–Crippen LogP) is 5.17. The van der Waals surface area contributed by atoms with Crippen LogP contribution in [-0.2, 0) is 46.3 Å². The molecular formula is C56H85FN6O13. The molecule has 19 atom stereocenters. The molecule has 5 N–H and O–H groups in total. The van der Waals surface area contributed by atoms with Crippen LogP contribution >= 0.6 is 0 Å². The molecule has 0 saturated carbocycles. The van der Waals surface area contributed by atoms with Crippen molar-refractivity contribution in [3.63, 3.8) is 0 Å². The number of amides is 1. The first-order valence-electron chi connectivity index (χ1n) is 27.0. The quantitative estimate of drug-likeness (QED) is 0.147. The van der Waals surface area contributed by atoms with Crippen LogP contribution < -0.4 is 4.90 Å². The maximum absolute atomic E-state index is 15.8. The summed E-state index contributed by atoms with van der Waals surface area (Å²) >= 11 is 0. The summed E-state index contributed by atoms with van der Waals surface area (Å²) in [4.78, 5) is 32.7. The van der Waals surface area contributed by atoms with E-state index < -0.39 is 126 Å². The van der Waals surface area contributed by atoms with E-state index in [4.69, 9.17) is 28.4 Å². The fraction of sp³-hybridized carbons (Fsp3) is 0.714. The lowest BCUT2D eigenvalue weighted by atomic mass is 9.68. The maximum Gasteiger partial charge on any atom is 0.414 e. The Hall–Kier alpha value is -4.19. The molecule has 0 spiro atoms. The molecule has 5 heterocycles. The van der Waals surface area contributed by atoms with E-state index >= 15 is 4.39 Å². The van der Waals surface area contributed by atoms with E-state index in [1.54, 1.807) is 70.8 Å². The molecule has 1 unspecified atom stereocenters. The standard InChI is InChI=1S/C56H85FN6O13/c1-14-45-56(10,70)48(65)35(6)60(11)27-31(2)25-54(8,69)50(33(4)46(34(5)51(67)75-45)44-26-55(9,71-13)49(66)36(7)73-44)76-52-47(64)43(23-32(3)72-52)61(12)28-37-15-17-38(18-16-37)41-20-19-39(24-42(41)57)63-30-40(74-53(63)68)29-62-22-21-58-59-62/h15-22,24,31-36,40,43-50,52,64-66,69-70H,14,23,25-30H2,1-13H3/t31-,32-,33+,34-,35-,36+,40+,43+,44?,45-,46+,47-,48-,49+,50-,52+,54-,55-,56-/m1/s1. The molecule has 76 heavy (non-hydrogen) atoms. The average Bonchev–Trinajstić information content (AvgIpc) is 4.02. The van der Waals surface area contributed by atoms with Crippen molar-refractivity contribution in [1.29, 1.82) is 0 Å². The maximum atomic E-state index is 15.8. The number of cyclic esters (lactones) is 2. The molecular weight excluding hydrogens is 984 g/mol. The number of aliphatic hydroxyl groups is 5. The van der Waals surface area contributed by atoms with Crippen LogP contribution in [-0.4, -0.2) is 187 Å². The van der Waals surface area contributed by atoms with E-state index in [1.807, 2.05) is 68.9 Å². The molecule has 424 valence electrons. The van der Waals surface area contributed by atoms with Gasteiger partial charge in [-0.15, -0.1) is 5.10 Å². The molecule has 0 radical (unpaired) electrons. The van der Waals surface area contributed by atoms with E-state index in [2.05, 4.69) is 10.3 Å². The summed E-state index contributed by atoms with van der Waals surface area (Å²) in [5, 5.41) is 68.0. The number of likely N-dealkylation sites (N-methyl/N-ethyl adjacent to an activating group) is 2. The van der Waals surface area contributed by atoms with Gasteiger partial charge in [-0.05, 0) is 116 Å². The van der Waals surface area contributed by atoms with Gasteiger partial charge in [-0.3, -0.25) is 14.6 Å². The smallest absolute Gasteiger partial charge is 0.414 e. The Kier molecular flexibility index (Phi) is 18.8. The van der Waals surface area contributed by atoms with Gasteiger partial charge in [0.1, 0.15) is 41.9 Å². The highest BCUT2D eigenvalue weighted by Gasteiger charge is 2.55. The number of aromatic nitrogens is 3. The molecule has 4 aliphatic rings. The van der Waals surface area contributed by atoms with E-state index in [9.17, 15) is 35.1 Å². The van der Waals surface area contributed by atoms with Gasteiger partial charge in [-0.1, -0.05) is 57.2 Å². The van der Waals surface area contributed by atoms with Gasteiger partial charge < -0.3 is 58.9 Å². The Morgan fingerprint density at radius 3 is 2.25 bits per heavy atom. The monoisotopic (exact) mass is 1070 g/mol. The van der Waals surface area contributed by atoms with Crippen LogP contribution in [0.15, 0.2) is 54.9 Å². The van der Waals surface area contributed by atoms with Crippen LogP contribution in [0, 0.1) is 29.5 Å². The average molecular weight is 1070 g/mol. The van der Waals surface area contributed by atoms with Crippen molar-refractivity contribution in [2.75, 3.05) is 39.2 Å². The van der Waals surface area contributed by atoms with Crippen molar-refractivity contribution in [2.45, 2.75) is 198 Å². The highest BCUT2D eigenvalue weighted by atomic mass is 19.1. The molecule has 1 amide bonds. The number of anilines is 1. The number of nitrogens with zero attached hydrogens (tertiary/aromatic N) is 6. The molecule has 20 heteroatoms. The lowest BCUT2D eigenvalue weighted by Crippen LogP contribution is -2.62. The number of rotatable bonds is 12. The van der Waals surface area contributed by atoms with Crippen LogP contribution in [0.1, 0.15) is 100 Å². The number of aliphatic hydroxyl groups excluding tert-OH is 3. The zero-order chi connectivity index (χ0) is 55.8. The zero-order valence-electron chi connectivity index (χ0n) is 46.7. The summed E-state index contributed by atoms with van der Waals surface area (Å²) in [5.74, 6) is -3.78. The second-order valence-electron chi connectivity index (χ2n) is 23.3. The summed E-state index contributed by atoms with van der Waals surface area (Å²) in [6, 6.07) is 11.1. The predicted molar refractivity (Wildman–Crippen MR) is 280 cm³/mol. The summed E-state index contributed by atoms with van der Waals surface area (Å²) in [5.41, 5.74) is -2.26. The summed E-state index contributed by atoms with van der Waals surface area (Å²) in [6.45, 7) is 19.2. The molecule has 3 aromatic rings. The Balaban J connectivity index is 1.13. The minimum absolute atomic E-state index is 0.168. The van der Waals surface area contributed by atoms with Crippen LogP contribution in [0.5, 0.6) is 0 Å². The Labute approximate surface area is 447 Å². The first-order chi connectivity index (χ1) is 35.7. The third-order valence-corrected chi connectivity index (χ3v) is 17.2. The summed E-state index contributed by atoms with van der Waals surface area (Å²) < 4.78 is 55.1. The Bertz CT molecular complexity index is 2400. The third kappa shape index (κ3) is 12.8. The molecule has 0 aliphatic carbocycles. The van der Waals surface area contributed by atoms with Crippen LogP contribution in [0.2, 0.25) is 0 Å². The number of benzene rings is 2. The van der Waals surface area contributed by atoms with E-state index in [0.717, 1.165) is 5.56 Å². The summed E-state index contributed by atoms with van der Waals surface area (Å²) in [6.07, 6.45) is -5.60. The largest absolute Gasteiger partial charge is 0.459 e. The number of carbonyl (C=O) groups is 2. The fourth-order valence-corrected chi connectivity index (χ4v) is 12.7. The van der Waals surface area contributed by atoms with Crippen LogP contribution in [0.3, 0.4) is 0 Å². The highest BCUT2D eigenvalue weighted by molar-refractivity contribution is 5.90. The normalized spacial score (nSPS) is 39.6. The van der Waals surface area contributed by atoms with Gasteiger partial charge in [-0.25, -0.2) is 13.9 Å².